The van der Waals surface area contributed by atoms with Crippen molar-refractivity contribution < 1.29 is 5.11 Å². The standard InChI is InChI=1S/C16H20N2O/c1-13(2)18(11-14-6-4-3-5-7-14)16-8-9-17-15(10-16)12-19/h3-10,13,19H,11-12H2,1-2H3. The van der Waals surface area contributed by atoms with Crippen molar-refractivity contribution in [1.82, 2.24) is 4.98 Å². The number of aliphatic hydroxyl groups is 1. The highest BCUT2D eigenvalue weighted by Gasteiger charge is 2.11. The molecule has 0 radical (unpaired) electrons. The second kappa shape index (κ2) is 6.34. The number of hydrogen-bond donors (Lipinski definition) is 1. The van der Waals surface area contributed by atoms with Crippen molar-refractivity contribution in [2.45, 2.75) is 33.0 Å². The maximum atomic E-state index is 9.19. The highest BCUT2D eigenvalue weighted by atomic mass is 16.3. The molecular weight excluding hydrogens is 236 g/mol. The summed E-state index contributed by atoms with van der Waals surface area (Å²) >= 11 is 0. The average Bonchev–Trinajstić information content (AvgIpc) is 2.45. The SMILES string of the molecule is CC(C)N(Cc1ccccc1)c1ccnc(CO)c1. The van der Waals surface area contributed by atoms with E-state index in [2.05, 4.69) is 48.0 Å². The molecule has 0 aliphatic rings. The third kappa shape index (κ3) is 3.55. The van der Waals surface area contributed by atoms with E-state index in [1.165, 1.54) is 5.56 Å². The molecule has 2 aromatic rings. The molecule has 3 nitrogen and oxygen atoms in total. The molecule has 0 aliphatic heterocycles. The monoisotopic (exact) mass is 256 g/mol. The van der Waals surface area contributed by atoms with Gasteiger partial charge >= 0.3 is 0 Å². The van der Waals surface area contributed by atoms with Gasteiger partial charge in [0.15, 0.2) is 0 Å². The van der Waals surface area contributed by atoms with Gasteiger partial charge in [0.1, 0.15) is 0 Å². The van der Waals surface area contributed by atoms with Crippen molar-refractivity contribution in [3.63, 3.8) is 0 Å². The fraction of sp³-hybridized carbons (Fsp3) is 0.312. The Morgan fingerprint density at radius 2 is 1.89 bits per heavy atom. The van der Waals surface area contributed by atoms with Gasteiger partial charge in [-0.1, -0.05) is 30.3 Å². The van der Waals surface area contributed by atoms with Crippen LogP contribution < -0.4 is 4.90 Å². The smallest absolute Gasteiger partial charge is 0.0853 e. The van der Waals surface area contributed by atoms with Gasteiger partial charge in [0.2, 0.25) is 0 Å². The summed E-state index contributed by atoms with van der Waals surface area (Å²) in [4.78, 5) is 6.43. The summed E-state index contributed by atoms with van der Waals surface area (Å²) in [5.41, 5.74) is 3.08. The first-order valence-electron chi connectivity index (χ1n) is 6.57. The minimum Gasteiger partial charge on any atom is -0.390 e. The summed E-state index contributed by atoms with van der Waals surface area (Å²) < 4.78 is 0. The van der Waals surface area contributed by atoms with E-state index < -0.39 is 0 Å². The molecule has 0 bridgehead atoms. The second-order valence-electron chi connectivity index (χ2n) is 4.87. The van der Waals surface area contributed by atoms with Crippen molar-refractivity contribution in [3.05, 3.63) is 59.9 Å². The Morgan fingerprint density at radius 1 is 1.16 bits per heavy atom. The van der Waals surface area contributed by atoms with Crippen LogP contribution in [0.3, 0.4) is 0 Å². The van der Waals surface area contributed by atoms with Gasteiger partial charge in [-0.15, -0.1) is 0 Å². The first kappa shape index (κ1) is 13.6. The maximum Gasteiger partial charge on any atom is 0.0853 e. The number of rotatable bonds is 5. The van der Waals surface area contributed by atoms with Crippen LogP contribution in [-0.4, -0.2) is 16.1 Å². The molecule has 0 atom stereocenters. The molecule has 19 heavy (non-hydrogen) atoms. The van der Waals surface area contributed by atoms with Crippen LogP contribution in [0.5, 0.6) is 0 Å². The molecule has 1 aromatic heterocycles. The first-order valence-corrected chi connectivity index (χ1v) is 6.57. The second-order valence-corrected chi connectivity index (χ2v) is 4.87. The number of anilines is 1. The van der Waals surface area contributed by atoms with Gasteiger partial charge < -0.3 is 10.0 Å². The molecule has 0 unspecified atom stereocenters. The van der Waals surface area contributed by atoms with E-state index in [0.29, 0.717) is 11.7 Å². The van der Waals surface area contributed by atoms with Gasteiger partial charge in [0, 0.05) is 24.5 Å². The zero-order valence-corrected chi connectivity index (χ0v) is 11.5. The Hall–Kier alpha value is -1.87. The summed E-state index contributed by atoms with van der Waals surface area (Å²) in [6, 6.07) is 14.7. The van der Waals surface area contributed by atoms with E-state index in [9.17, 15) is 5.11 Å². The normalized spacial score (nSPS) is 10.7. The number of hydrogen-bond acceptors (Lipinski definition) is 3. The molecular formula is C16H20N2O. The predicted molar refractivity (Wildman–Crippen MR) is 77.9 cm³/mol. The lowest BCUT2D eigenvalue weighted by Gasteiger charge is -2.29. The van der Waals surface area contributed by atoms with Gasteiger partial charge in [-0.05, 0) is 31.5 Å². The number of aliphatic hydroxyl groups excluding tert-OH is 1. The fourth-order valence-corrected chi connectivity index (χ4v) is 2.08. The number of benzene rings is 1. The van der Waals surface area contributed by atoms with Crippen molar-refractivity contribution in [2.24, 2.45) is 0 Å². The Morgan fingerprint density at radius 3 is 2.53 bits per heavy atom. The predicted octanol–water partition coefficient (Wildman–Crippen LogP) is 2.99. The molecule has 0 saturated heterocycles. The largest absolute Gasteiger partial charge is 0.390 e. The molecule has 3 heteroatoms. The number of pyridine rings is 1. The van der Waals surface area contributed by atoms with Gasteiger partial charge in [-0.3, -0.25) is 4.98 Å². The Labute approximate surface area is 114 Å². The quantitative estimate of drug-likeness (QED) is 0.893. The van der Waals surface area contributed by atoms with Crippen LogP contribution in [0.1, 0.15) is 25.1 Å². The molecule has 1 heterocycles. The zero-order valence-electron chi connectivity index (χ0n) is 11.5. The molecule has 2 rings (SSSR count). The van der Waals surface area contributed by atoms with Crippen LogP contribution in [0, 0.1) is 0 Å². The summed E-state index contributed by atoms with van der Waals surface area (Å²) in [5.74, 6) is 0. The maximum absolute atomic E-state index is 9.19. The lowest BCUT2D eigenvalue weighted by molar-refractivity contribution is 0.277. The number of aromatic nitrogens is 1. The molecule has 0 fully saturated rings. The van der Waals surface area contributed by atoms with Crippen LogP contribution >= 0.6 is 0 Å². The summed E-state index contributed by atoms with van der Waals surface area (Å²) in [7, 11) is 0. The lowest BCUT2D eigenvalue weighted by atomic mass is 10.1. The van der Waals surface area contributed by atoms with Crippen molar-refractivity contribution in [2.75, 3.05) is 4.90 Å². The number of nitrogens with zero attached hydrogens (tertiary/aromatic N) is 2. The summed E-state index contributed by atoms with van der Waals surface area (Å²) in [6.07, 6.45) is 1.75. The van der Waals surface area contributed by atoms with Crippen LogP contribution in [0.2, 0.25) is 0 Å². The Bertz CT molecular complexity index is 511. The molecule has 0 amide bonds. The van der Waals surface area contributed by atoms with E-state index in [1.807, 2.05) is 18.2 Å². The fourth-order valence-electron chi connectivity index (χ4n) is 2.08. The van der Waals surface area contributed by atoms with Gasteiger partial charge in [-0.25, -0.2) is 0 Å². The third-order valence-electron chi connectivity index (χ3n) is 3.11. The molecule has 0 aliphatic carbocycles. The van der Waals surface area contributed by atoms with E-state index in [0.717, 1.165) is 12.2 Å². The Kier molecular flexibility index (Phi) is 4.53. The van der Waals surface area contributed by atoms with Crippen LogP contribution in [0.4, 0.5) is 5.69 Å². The van der Waals surface area contributed by atoms with Crippen molar-refractivity contribution >= 4 is 5.69 Å². The molecule has 0 saturated carbocycles. The molecule has 1 N–H and O–H groups in total. The molecule has 1 aromatic carbocycles. The van der Waals surface area contributed by atoms with Crippen LogP contribution in [-0.2, 0) is 13.2 Å². The topological polar surface area (TPSA) is 36.4 Å². The van der Waals surface area contributed by atoms with Gasteiger partial charge in [0.25, 0.3) is 0 Å². The highest BCUT2D eigenvalue weighted by Crippen LogP contribution is 2.20. The Balaban J connectivity index is 2.24. The first-order chi connectivity index (χ1) is 9.20. The minimum absolute atomic E-state index is 0.0227. The third-order valence-corrected chi connectivity index (χ3v) is 3.11. The highest BCUT2D eigenvalue weighted by molar-refractivity contribution is 5.48. The zero-order chi connectivity index (χ0) is 13.7. The van der Waals surface area contributed by atoms with E-state index in [-0.39, 0.29) is 6.61 Å². The van der Waals surface area contributed by atoms with Crippen molar-refractivity contribution in [3.8, 4) is 0 Å². The van der Waals surface area contributed by atoms with E-state index >= 15 is 0 Å². The summed E-state index contributed by atoms with van der Waals surface area (Å²) in [5, 5.41) is 9.19. The molecule has 100 valence electrons. The minimum atomic E-state index is -0.0227. The van der Waals surface area contributed by atoms with E-state index in [4.69, 9.17) is 0 Å². The van der Waals surface area contributed by atoms with Crippen LogP contribution in [0.15, 0.2) is 48.7 Å². The lowest BCUT2D eigenvalue weighted by Crippen LogP contribution is -2.30. The van der Waals surface area contributed by atoms with Crippen LogP contribution in [0.25, 0.3) is 0 Å². The summed E-state index contributed by atoms with van der Waals surface area (Å²) in [6.45, 7) is 5.17. The van der Waals surface area contributed by atoms with Crippen molar-refractivity contribution in [1.29, 1.82) is 0 Å². The van der Waals surface area contributed by atoms with Gasteiger partial charge in [-0.2, -0.15) is 0 Å². The van der Waals surface area contributed by atoms with E-state index in [1.54, 1.807) is 6.20 Å². The molecule has 0 spiro atoms. The van der Waals surface area contributed by atoms with Gasteiger partial charge in [0.05, 0.1) is 12.3 Å². The average molecular weight is 256 g/mol.